The van der Waals surface area contributed by atoms with Gasteiger partial charge in [-0.05, 0) is 57.5 Å². The van der Waals surface area contributed by atoms with E-state index in [1.54, 1.807) is 0 Å². The zero-order valence-corrected chi connectivity index (χ0v) is 12.6. The first-order valence-corrected chi connectivity index (χ1v) is 7.18. The van der Waals surface area contributed by atoms with Crippen molar-refractivity contribution < 1.29 is 5.11 Å². The van der Waals surface area contributed by atoms with Gasteiger partial charge in [0.15, 0.2) is 0 Å². The molecule has 19 heavy (non-hydrogen) atoms. The summed E-state index contributed by atoms with van der Waals surface area (Å²) in [6.07, 6.45) is 0.849. The lowest BCUT2D eigenvalue weighted by Crippen LogP contribution is -2.56. The van der Waals surface area contributed by atoms with Crippen molar-refractivity contribution in [3.63, 3.8) is 0 Å². The molecule has 0 spiro atoms. The SMILES string of the molecule is Cc1ccc(N2CC(C)N(C)C(CCO)C2)cc1C. The number of likely N-dealkylation sites (N-methyl/N-ethyl adjacent to an activating group) is 1. The van der Waals surface area contributed by atoms with Crippen LogP contribution in [0.3, 0.4) is 0 Å². The fourth-order valence-electron chi connectivity index (χ4n) is 2.84. The van der Waals surface area contributed by atoms with Crippen molar-refractivity contribution in [1.82, 2.24) is 4.90 Å². The summed E-state index contributed by atoms with van der Waals surface area (Å²) in [6.45, 7) is 8.91. The molecule has 1 aromatic rings. The Labute approximate surface area is 116 Å². The zero-order valence-electron chi connectivity index (χ0n) is 12.6. The van der Waals surface area contributed by atoms with Crippen LogP contribution in [-0.4, -0.2) is 48.8 Å². The lowest BCUT2D eigenvalue weighted by molar-refractivity contribution is 0.128. The Kier molecular flexibility index (Phi) is 4.48. The number of aryl methyl sites for hydroxylation is 2. The molecule has 2 atom stereocenters. The first-order chi connectivity index (χ1) is 9.02. The average Bonchev–Trinajstić information content (AvgIpc) is 2.38. The van der Waals surface area contributed by atoms with E-state index in [1.165, 1.54) is 16.8 Å². The molecule has 0 bridgehead atoms. The predicted octanol–water partition coefficient (Wildman–Crippen LogP) is 2.19. The Bertz CT molecular complexity index is 433. The van der Waals surface area contributed by atoms with Gasteiger partial charge in [0.2, 0.25) is 0 Å². The van der Waals surface area contributed by atoms with Gasteiger partial charge in [0, 0.05) is 37.5 Å². The van der Waals surface area contributed by atoms with Gasteiger partial charge in [-0.1, -0.05) is 6.07 Å². The van der Waals surface area contributed by atoms with E-state index in [1.807, 2.05) is 0 Å². The number of hydrogen-bond acceptors (Lipinski definition) is 3. The monoisotopic (exact) mass is 262 g/mol. The molecule has 1 saturated heterocycles. The lowest BCUT2D eigenvalue weighted by Gasteiger charge is -2.45. The van der Waals surface area contributed by atoms with Crippen molar-refractivity contribution in [2.75, 3.05) is 31.6 Å². The van der Waals surface area contributed by atoms with Gasteiger partial charge in [-0.25, -0.2) is 0 Å². The zero-order chi connectivity index (χ0) is 14.0. The first-order valence-electron chi connectivity index (χ1n) is 7.18. The molecule has 1 heterocycles. The summed E-state index contributed by atoms with van der Waals surface area (Å²) >= 11 is 0. The molecule has 3 heteroatoms. The van der Waals surface area contributed by atoms with E-state index in [0.29, 0.717) is 12.1 Å². The number of rotatable bonds is 3. The van der Waals surface area contributed by atoms with Crippen molar-refractivity contribution in [2.45, 2.75) is 39.3 Å². The molecule has 1 aromatic carbocycles. The van der Waals surface area contributed by atoms with Crippen LogP contribution in [0.15, 0.2) is 18.2 Å². The molecule has 2 unspecified atom stereocenters. The average molecular weight is 262 g/mol. The topological polar surface area (TPSA) is 26.7 Å². The summed E-state index contributed by atoms with van der Waals surface area (Å²) < 4.78 is 0. The highest BCUT2D eigenvalue weighted by Crippen LogP contribution is 2.24. The number of nitrogens with zero attached hydrogens (tertiary/aromatic N) is 2. The molecule has 106 valence electrons. The van der Waals surface area contributed by atoms with Crippen LogP contribution in [0.25, 0.3) is 0 Å². The molecular weight excluding hydrogens is 236 g/mol. The van der Waals surface area contributed by atoms with Crippen LogP contribution in [0.5, 0.6) is 0 Å². The minimum absolute atomic E-state index is 0.266. The fourth-order valence-corrected chi connectivity index (χ4v) is 2.84. The maximum Gasteiger partial charge on any atom is 0.0446 e. The van der Waals surface area contributed by atoms with Gasteiger partial charge in [-0.3, -0.25) is 4.90 Å². The molecule has 2 rings (SSSR count). The van der Waals surface area contributed by atoms with E-state index in [-0.39, 0.29) is 6.61 Å². The van der Waals surface area contributed by atoms with Crippen molar-refractivity contribution in [2.24, 2.45) is 0 Å². The van der Waals surface area contributed by atoms with E-state index < -0.39 is 0 Å². The van der Waals surface area contributed by atoms with Crippen molar-refractivity contribution in [3.8, 4) is 0 Å². The molecule has 0 amide bonds. The summed E-state index contributed by atoms with van der Waals surface area (Å²) in [5.41, 5.74) is 4.01. The fraction of sp³-hybridized carbons (Fsp3) is 0.625. The third-order valence-corrected chi connectivity index (χ3v) is 4.50. The minimum Gasteiger partial charge on any atom is -0.396 e. The summed E-state index contributed by atoms with van der Waals surface area (Å²) in [6, 6.07) is 7.66. The number of benzene rings is 1. The van der Waals surface area contributed by atoms with Crippen LogP contribution in [0.1, 0.15) is 24.5 Å². The molecule has 0 radical (unpaired) electrons. The van der Waals surface area contributed by atoms with E-state index in [2.05, 4.69) is 55.8 Å². The Morgan fingerprint density at radius 3 is 2.58 bits per heavy atom. The van der Waals surface area contributed by atoms with Crippen LogP contribution in [-0.2, 0) is 0 Å². The summed E-state index contributed by atoms with van der Waals surface area (Å²) in [5, 5.41) is 9.21. The maximum atomic E-state index is 9.21. The van der Waals surface area contributed by atoms with E-state index in [0.717, 1.165) is 19.5 Å². The highest BCUT2D eigenvalue weighted by molar-refractivity contribution is 5.51. The van der Waals surface area contributed by atoms with Crippen LogP contribution in [0, 0.1) is 13.8 Å². The predicted molar refractivity (Wildman–Crippen MR) is 80.8 cm³/mol. The van der Waals surface area contributed by atoms with E-state index in [9.17, 15) is 5.11 Å². The molecule has 1 aliphatic heterocycles. The maximum absolute atomic E-state index is 9.21. The standard InChI is InChI=1S/C16H26N2O/c1-12-5-6-15(9-13(12)2)18-10-14(3)17(4)16(11-18)7-8-19/h5-6,9,14,16,19H,7-8,10-11H2,1-4H3. The Morgan fingerprint density at radius 1 is 1.21 bits per heavy atom. The number of aliphatic hydroxyl groups excluding tert-OH is 1. The minimum atomic E-state index is 0.266. The third-order valence-electron chi connectivity index (χ3n) is 4.50. The van der Waals surface area contributed by atoms with Gasteiger partial charge in [0.25, 0.3) is 0 Å². The largest absolute Gasteiger partial charge is 0.396 e. The second-order valence-electron chi connectivity index (χ2n) is 5.85. The van der Waals surface area contributed by atoms with E-state index in [4.69, 9.17) is 0 Å². The second kappa shape index (κ2) is 5.93. The quantitative estimate of drug-likeness (QED) is 0.904. The van der Waals surface area contributed by atoms with Crippen LogP contribution in [0.2, 0.25) is 0 Å². The molecule has 1 N–H and O–H groups in total. The van der Waals surface area contributed by atoms with E-state index >= 15 is 0 Å². The number of piperazine rings is 1. The second-order valence-corrected chi connectivity index (χ2v) is 5.85. The number of anilines is 1. The van der Waals surface area contributed by atoms with Crippen LogP contribution in [0.4, 0.5) is 5.69 Å². The van der Waals surface area contributed by atoms with Crippen molar-refractivity contribution >= 4 is 5.69 Å². The van der Waals surface area contributed by atoms with Gasteiger partial charge in [0.1, 0.15) is 0 Å². The lowest BCUT2D eigenvalue weighted by atomic mass is 10.0. The number of hydrogen-bond donors (Lipinski definition) is 1. The first kappa shape index (κ1) is 14.4. The Balaban J connectivity index is 2.17. The highest BCUT2D eigenvalue weighted by atomic mass is 16.3. The summed E-state index contributed by atoms with van der Waals surface area (Å²) in [4.78, 5) is 4.85. The van der Waals surface area contributed by atoms with Crippen molar-refractivity contribution in [3.05, 3.63) is 29.3 Å². The van der Waals surface area contributed by atoms with Gasteiger partial charge >= 0.3 is 0 Å². The van der Waals surface area contributed by atoms with Gasteiger partial charge < -0.3 is 10.0 Å². The van der Waals surface area contributed by atoms with Gasteiger partial charge in [0.05, 0.1) is 0 Å². The molecule has 0 aromatic heterocycles. The van der Waals surface area contributed by atoms with Gasteiger partial charge in [-0.2, -0.15) is 0 Å². The Hall–Kier alpha value is -1.06. The Morgan fingerprint density at radius 2 is 1.95 bits per heavy atom. The van der Waals surface area contributed by atoms with Crippen LogP contribution < -0.4 is 4.90 Å². The molecular formula is C16H26N2O. The normalized spacial score (nSPS) is 24.8. The number of aliphatic hydroxyl groups is 1. The molecule has 1 aliphatic rings. The smallest absolute Gasteiger partial charge is 0.0446 e. The van der Waals surface area contributed by atoms with Crippen molar-refractivity contribution in [1.29, 1.82) is 0 Å². The molecule has 0 saturated carbocycles. The summed E-state index contributed by atoms with van der Waals surface area (Å²) in [5.74, 6) is 0. The van der Waals surface area contributed by atoms with Crippen LogP contribution >= 0.6 is 0 Å². The van der Waals surface area contributed by atoms with Gasteiger partial charge in [-0.15, -0.1) is 0 Å². The molecule has 1 fully saturated rings. The third kappa shape index (κ3) is 3.10. The molecule has 0 aliphatic carbocycles. The highest BCUT2D eigenvalue weighted by Gasteiger charge is 2.29. The summed E-state index contributed by atoms with van der Waals surface area (Å²) in [7, 11) is 2.17. The molecule has 3 nitrogen and oxygen atoms in total.